The van der Waals surface area contributed by atoms with E-state index in [1.54, 1.807) is 6.92 Å². The van der Waals surface area contributed by atoms with Gasteiger partial charge in [0.2, 0.25) is 0 Å². The summed E-state index contributed by atoms with van der Waals surface area (Å²) in [4.78, 5) is 11.2. The van der Waals surface area contributed by atoms with Crippen molar-refractivity contribution in [2.24, 2.45) is 0 Å². The summed E-state index contributed by atoms with van der Waals surface area (Å²) in [6.45, 7) is 7.21. The molecule has 0 fully saturated rings. The van der Waals surface area contributed by atoms with Crippen molar-refractivity contribution >= 4 is 5.97 Å². The van der Waals surface area contributed by atoms with Crippen LogP contribution in [-0.2, 0) is 9.53 Å². The lowest BCUT2D eigenvalue weighted by Gasteiger charge is -2.32. The highest BCUT2D eigenvalue weighted by atomic mass is 16.6. The van der Waals surface area contributed by atoms with E-state index in [1.807, 2.05) is 6.92 Å². The average molecular weight is 357 g/mol. The molecule has 0 aromatic heterocycles. The van der Waals surface area contributed by atoms with Gasteiger partial charge in [0, 0.05) is 6.92 Å². The molecule has 0 aliphatic rings. The van der Waals surface area contributed by atoms with E-state index in [0.29, 0.717) is 0 Å². The molecule has 0 aliphatic heterocycles. The molecule has 0 spiro atoms. The molecule has 150 valence electrons. The minimum Gasteiger partial charge on any atom is -0.457 e. The summed E-state index contributed by atoms with van der Waals surface area (Å²) in [5.41, 5.74) is -0.733. The molecule has 25 heavy (non-hydrogen) atoms. The van der Waals surface area contributed by atoms with Gasteiger partial charge >= 0.3 is 5.97 Å². The van der Waals surface area contributed by atoms with Crippen molar-refractivity contribution in [1.82, 2.24) is 0 Å². The number of rotatable bonds is 17. The molecule has 0 bridgehead atoms. The first-order valence-corrected chi connectivity index (χ1v) is 10.8. The van der Waals surface area contributed by atoms with E-state index in [4.69, 9.17) is 4.74 Å². The van der Waals surface area contributed by atoms with E-state index >= 15 is 0 Å². The number of carbonyl (C=O) groups is 1. The minimum atomic E-state index is -0.733. The topological polar surface area (TPSA) is 46.5 Å². The number of hydrogen-bond acceptors (Lipinski definition) is 3. The maximum absolute atomic E-state index is 11.2. The summed E-state index contributed by atoms with van der Waals surface area (Å²) in [5, 5.41) is 9.85. The number of esters is 1. The fourth-order valence-electron chi connectivity index (χ4n) is 3.34. The lowest BCUT2D eigenvalue weighted by atomic mass is 9.92. The average Bonchev–Trinajstić information content (AvgIpc) is 2.54. The Morgan fingerprint density at radius 3 is 1.52 bits per heavy atom. The first-order valence-electron chi connectivity index (χ1n) is 10.8. The third-order valence-electron chi connectivity index (χ3n) is 5.29. The van der Waals surface area contributed by atoms with E-state index in [2.05, 4.69) is 6.92 Å². The highest BCUT2D eigenvalue weighted by molar-refractivity contribution is 5.66. The molecule has 0 aromatic rings. The van der Waals surface area contributed by atoms with Crippen molar-refractivity contribution in [3.63, 3.8) is 0 Å². The first kappa shape index (κ1) is 24.4. The van der Waals surface area contributed by atoms with Gasteiger partial charge in [0.05, 0.1) is 6.10 Å². The highest BCUT2D eigenvalue weighted by Gasteiger charge is 2.32. The van der Waals surface area contributed by atoms with Gasteiger partial charge < -0.3 is 9.84 Å². The maximum Gasteiger partial charge on any atom is 0.303 e. The normalized spacial score (nSPS) is 14.9. The number of carbonyl (C=O) groups excluding carboxylic acids is 1. The number of unbranched alkanes of at least 4 members (excludes halogenated alkanes) is 13. The van der Waals surface area contributed by atoms with Crippen molar-refractivity contribution in [1.29, 1.82) is 0 Å². The molecule has 3 heteroatoms. The number of aliphatic hydroxyl groups excluding tert-OH is 1. The zero-order chi connectivity index (χ0) is 19.0. The van der Waals surface area contributed by atoms with Crippen LogP contribution in [0.15, 0.2) is 0 Å². The van der Waals surface area contributed by atoms with Crippen LogP contribution in [0, 0.1) is 0 Å². The quantitative estimate of drug-likeness (QED) is 0.237. The van der Waals surface area contributed by atoms with Gasteiger partial charge in [-0.2, -0.15) is 0 Å². The Labute approximate surface area is 156 Å². The Morgan fingerprint density at radius 2 is 1.20 bits per heavy atom. The smallest absolute Gasteiger partial charge is 0.303 e. The van der Waals surface area contributed by atoms with Crippen LogP contribution in [0.25, 0.3) is 0 Å². The minimum absolute atomic E-state index is 0.311. The van der Waals surface area contributed by atoms with Crippen LogP contribution in [0.2, 0.25) is 0 Å². The Balaban J connectivity index is 3.44. The molecular weight excluding hydrogens is 312 g/mol. The van der Waals surface area contributed by atoms with Crippen LogP contribution in [0.5, 0.6) is 0 Å². The molecule has 0 rings (SSSR count). The van der Waals surface area contributed by atoms with Crippen LogP contribution in [0.4, 0.5) is 0 Å². The largest absolute Gasteiger partial charge is 0.457 e. The fraction of sp³-hybridized carbons (Fsp3) is 0.955. The van der Waals surface area contributed by atoms with Crippen molar-refractivity contribution < 1.29 is 14.6 Å². The number of aliphatic hydroxyl groups is 1. The van der Waals surface area contributed by atoms with Crippen LogP contribution < -0.4 is 0 Å². The van der Waals surface area contributed by atoms with Crippen molar-refractivity contribution in [3.05, 3.63) is 0 Å². The van der Waals surface area contributed by atoms with E-state index in [9.17, 15) is 9.90 Å². The fourth-order valence-corrected chi connectivity index (χ4v) is 3.34. The van der Waals surface area contributed by atoms with Crippen LogP contribution in [0.1, 0.15) is 124 Å². The van der Waals surface area contributed by atoms with Crippen molar-refractivity contribution in [2.45, 2.75) is 136 Å². The van der Waals surface area contributed by atoms with Crippen molar-refractivity contribution in [2.75, 3.05) is 0 Å². The third kappa shape index (κ3) is 14.3. The van der Waals surface area contributed by atoms with Crippen LogP contribution >= 0.6 is 0 Å². The lowest BCUT2D eigenvalue weighted by Crippen LogP contribution is -2.41. The summed E-state index contributed by atoms with van der Waals surface area (Å²) >= 11 is 0. The predicted octanol–water partition coefficient (Wildman–Crippen LogP) is 6.56. The molecule has 1 N–H and O–H groups in total. The van der Waals surface area contributed by atoms with Gasteiger partial charge in [-0.25, -0.2) is 0 Å². The molecule has 0 radical (unpaired) electrons. The van der Waals surface area contributed by atoms with Gasteiger partial charge in [-0.1, -0.05) is 90.4 Å². The van der Waals surface area contributed by atoms with Crippen molar-refractivity contribution in [3.8, 4) is 0 Å². The van der Waals surface area contributed by atoms with E-state index < -0.39 is 11.7 Å². The van der Waals surface area contributed by atoms with Gasteiger partial charge in [0.25, 0.3) is 0 Å². The maximum atomic E-state index is 11.2. The second-order valence-corrected chi connectivity index (χ2v) is 7.93. The van der Waals surface area contributed by atoms with Gasteiger partial charge in [0.15, 0.2) is 0 Å². The van der Waals surface area contributed by atoms with E-state index in [1.165, 1.54) is 84.0 Å². The summed E-state index contributed by atoms with van der Waals surface area (Å²) in [5.74, 6) is -0.311. The van der Waals surface area contributed by atoms with Gasteiger partial charge in [0.1, 0.15) is 5.60 Å². The standard InChI is InChI=1S/C22H44O3/c1-5-6-7-8-9-10-11-12-13-14-15-16-17-18-19-22(4,20(2)23)25-21(3)24/h20,23H,5-19H2,1-4H3. The van der Waals surface area contributed by atoms with Gasteiger partial charge in [-0.3, -0.25) is 4.79 Å². The summed E-state index contributed by atoms with van der Waals surface area (Å²) < 4.78 is 5.32. The summed E-state index contributed by atoms with van der Waals surface area (Å²) in [6, 6.07) is 0. The lowest BCUT2D eigenvalue weighted by molar-refractivity contribution is -0.167. The second kappa shape index (κ2) is 15.7. The van der Waals surface area contributed by atoms with Gasteiger partial charge in [-0.15, -0.1) is 0 Å². The molecule has 0 saturated heterocycles. The molecule has 0 heterocycles. The van der Waals surface area contributed by atoms with E-state index in [-0.39, 0.29) is 5.97 Å². The Kier molecular flexibility index (Phi) is 15.3. The predicted molar refractivity (Wildman–Crippen MR) is 107 cm³/mol. The monoisotopic (exact) mass is 356 g/mol. The Bertz CT molecular complexity index is 314. The number of ether oxygens (including phenoxy) is 1. The molecule has 2 unspecified atom stereocenters. The number of hydrogen-bond donors (Lipinski definition) is 1. The highest BCUT2D eigenvalue weighted by Crippen LogP contribution is 2.24. The molecular formula is C22H44O3. The Hall–Kier alpha value is -0.570. The zero-order valence-electron chi connectivity index (χ0n) is 17.4. The SMILES string of the molecule is CCCCCCCCCCCCCCCCC(C)(OC(C)=O)C(C)O. The van der Waals surface area contributed by atoms with Crippen LogP contribution in [-0.4, -0.2) is 22.8 Å². The first-order chi connectivity index (χ1) is 11.9. The Morgan fingerprint density at radius 1 is 0.840 bits per heavy atom. The second-order valence-electron chi connectivity index (χ2n) is 7.93. The van der Waals surface area contributed by atoms with E-state index in [0.717, 1.165) is 19.3 Å². The molecule has 3 nitrogen and oxygen atoms in total. The summed E-state index contributed by atoms with van der Waals surface area (Å²) in [7, 11) is 0. The molecule has 0 saturated carbocycles. The molecule has 0 aliphatic carbocycles. The molecule has 2 atom stereocenters. The molecule has 0 amide bonds. The molecule has 0 aromatic carbocycles. The van der Waals surface area contributed by atoms with Crippen LogP contribution in [0.3, 0.4) is 0 Å². The van der Waals surface area contributed by atoms with Gasteiger partial charge in [-0.05, 0) is 26.7 Å². The zero-order valence-corrected chi connectivity index (χ0v) is 17.4. The third-order valence-corrected chi connectivity index (χ3v) is 5.29. The summed E-state index contributed by atoms with van der Waals surface area (Å²) in [6.07, 6.45) is 18.7.